The van der Waals surface area contributed by atoms with Crippen molar-refractivity contribution in [3.8, 4) is 0 Å². The third-order valence-corrected chi connectivity index (χ3v) is 8.23. The molecule has 5 nitrogen and oxygen atoms in total. The maximum absolute atomic E-state index is 15.6. The van der Waals surface area contributed by atoms with Crippen LogP contribution in [0.2, 0.25) is 0 Å². The Kier molecular flexibility index (Phi) is 7.76. The summed E-state index contributed by atoms with van der Waals surface area (Å²) in [5.41, 5.74) is -2.27. The molecule has 1 aromatic rings. The molecule has 3 fully saturated rings. The number of piperidine rings is 1. The quantitative estimate of drug-likeness (QED) is 0.491. The van der Waals surface area contributed by atoms with Crippen LogP contribution in [0.25, 0.3) is 0 Å². The SMILES string of the molecule is CCC(=O)[C@H](NC(=O)c1cccc(C2CCCN(C(=O)C3(C(F)(F)F)CC3)C2)c1F)C1CCCCC1. The summed E-state index contributed by atoms with van der Waals surface area (Å²) in [6.07, 6.45) is 0.973. The molecule has 36 heavy (non-hydrogen) atoms. The molecule has 2 atom stereocenters. The summed E-state index contributed by atoms with van der Waals surface area (Å²) in [4.78, 5) is 39.7. The van der Waals surface area contributed by atoms with Crippen molar-refractivity contribution in [3.63, 3.8) is 0 Å². The summed E-state index contributed by atoms with van der Waals surface area (Å²) >= 11 is 0. The minimum atomic E-state index is -4.59. The summed E-state index contributed by atoms with van der Waals surface area (Å²) in [7, 11) is 0. The van der Waals surface area contributed by atoms with Gasteiger partial charge in [0.25, 0.3) is 5.91 Å². The van der Waals surface area contributed by atoms with Gasteiger partial charge in [0.15, 0.2) is 5.78 Å². The number of likely N-dealkylation sites (tertiary alicyclic amines) is 1. The van der Waals surface area contributed by atoms with Gasteiger partial charge in [-0.3, -0.25) is 14.4 Å². The van der Waals surface area contributed by atoms with Crippen LogP contribution < -0.4 is 5.32 Å². The zero-order valence-electron chi connectivity index (χ0n) is 20.6. The first-order valence-electron chi connectivity index (χ1n) is 13.1. The van der Waals surface area contributed by atoms with Gasteiger partial charge in [0.1, 0.15) is 11.2 Å². The summed E-state index contributed by atoms with van der Waals surface area (Å²) in [6, 6.07) is 3.77. The van der Waals surface area contributed by atoms with Crippen molar-refractivity contribution in [2.24, 2.45) is 11.3 Å². The molecule has 1 unspecified atom stereocenters. The fourth-order valence-corrected chi connectivity index (χ4v) is 5.87. The highest BCUT2D eigenvalue weighted by atomic mass is 19.4. The van der Waals surface area contributed by atoms with Crippen LogP contribution in [0, 0.1) is 17.2 Å². The summed E-state index contributed by atoms with van der Waals surface area (Å²) in [5, 5.41) is 2.78. The number of carbonyl (C=O) groups excluding carboxylic acids is 3. The lowest BCUT2D eigenvalue weighted by Crippen LogP contribution is -2.48. The molecule has 4 rings (SSSR count). The molecule has 9 heteroatoms. The van der Waals surface area contributed by atoms with E-state index < -0.39 is 41.2 Å². The van der Waals surface area contributed by atoms with Crippen LogP contribution in [-0.4, -0.2) is 47.8 Å². The Bertz CT molecular complexity index is 999. The van der Waals surface area contributed by atoms with Gasteiger partial charge in [-0.25, -0.2) is 4.39 Å². The second-order valence-electron chi connectivity index (χ2n) is 10.5. The number of ketones is 1. The van der Waals surface area contributed by atoms with Crippen molar-refractivity contribution in [2.45, 2.75) is 89.3 Å². The van der Waals surface area contributed by atoms with Crippen LogP contribution in [0.4, 0.5) is 17.6 Å². The molecule has 1 saturated heterocycles. The van der Waals surface area contributed by atoms with Crippen molar-refractivity contribution in [1.82, 2.24) is 10.2 Å². The first kappa shape index (κ1) is 26.6. The zero-order chi connectivity index (χ0) is 26.1. The predicted octanol–water partition coefficient (Wildman–Crippen LogP) is 5.53. The van der Waals surface area contributed by atoms with Crippen LogP contribution >= 0.6 is 0 Å². The third-order valence-electron chi connectivity index (χ3n) is 8.23. The Balaban J connectivity index is 1.50. The average Bonchev–Trinajstić information content (AvgIpc) is 3.69. The molecule has 0 aromatic heterocycles. The van der Waals surface area contributed by atoms with E-state index in [2.05, 4.69) is 5.32 Å². The largest absolute Gasteiger partial charge is 0.403 e. The lowest BCUT2D eigenvalue weighted by molar-refractivity contribution is -0.199. The van der Waals surface area contributed by atoms with E-state index in [1.54, 1.807) is 13.0 Å². The maximum Gasteiger partial charge on any atom is 0.403 e. The smallest absolute Gasteiger partial charge is 0.342 e. The Morgan fingerprint density at radius 1 is 1.08 bits per heavy atom. The van der Waals surface area contributed by atoms with E-state index >= 15 is 4.39 Å². The molecule has 1 N–H and O–H groups in total. The second-order valence-corrected chi connectivity index (χ2v) is 10.5. The van der Waals surface area contributed by atoms with Gasteiger partial charge in [-0.1, -0.05) is 38.3 Å². The van der Waals surface area contributed by atoms with Crippen LogP contribution in [0.3, 0.4) is 0 Å². The van der Waals surface area contributed by atoms with E-state index in [1.165, 1.54) is 17.0 Å². The molecule has 3 aliphatic rings. The van der Waals surface area contributed by atoms with E-state index in [-0.39, 0.29) is 55.2 Å². The lowest BCUT2D eigenvalue weighted by Gasteiger charge is -2.36. The molecular weight excluding hydrogens is 476 g/mol. The Labute approximate surface area is 209 Å². The maximum atomic E-state index is 15.6. The van der Waals surface area contributed by atoms with Crippen LogP contribution in [0.5, 0.6) is 0 Å². The van der Waals surface area contributed by atoms with Gasteiger partial charge in [0.05, 0.1) is 11.6 Å². The fraction of sp³-hybridized carbons (Fsp3) is 0.667. The lowest BCUT2D eigenvalue weighted by atomic mass is 9.81. The number of nitrogens with one attached hydrogen (secondary N) is 1. The highest BCUT2D eigenvalue weighted by Crippen LogP contribution is 2.59. The molecular formula is C27H34F4N2O3. The molecule has 1 aliphatic heterocycles. The highest BCUT2D eigenvalue weighted by molar-refractivity contribution is 5.98. The number of alkyl halides is 3. The topological polar surface area (TPSA) is 66.5 Å². The van der Waals surface area contributed by atoms with Gasteiger partial charge in [-0.2, -0.15) is 13.2 Å². The number of Topliss-reactive ketones (excluding diaryl/α,β-unsaturated/α-hetero) is 1. The number of halogens is 4. The van der Waals surface area contributed by atoms with E-state index in [1.807, 2.05) is 0 Å². The second kappa shape index (κ2) is 10.5. The van der Waals surface area contributed by atoms with Crippen LogP contribution in [-0.2, 0) is 9.59 Å². The monoisotopic (exact) mass is 510 g/mol. The molecule has 1 heterocycles. The van der Waals surface area contributed by atoms with Gasteiger partial charge < -0.3 is 10.2 Å². The van der Waals surface area contributed by atoms with E-state index in [0.717, 1.165) is 32.1 Å². The number of hydrogen-bond acceptors (Lipinski definition) is 3. The molecule has 0 spiro atoms. The highest BCUT2D eigenvalue weighted by Gasteiger charge is 2.69. The standard InChI is InChI=1S/C27H34F4N2O3/c1-2-21(34)23(17-8-4-3-5-9-17)32-24(35)20-12-6-11-19(22(20)28)18-10-7-15-33(16-18)25(36)26(13-14-26)27(29,30)31/h6,11-12,17-18,23H,2-5,7-10,13-16H2,1H3,(H,32,35)/t18?,23-/m1/s1. The van der Waals surface area contributed by atoms with Gasteiger partial charge in [0.2, 0.25) is 5.91 Å². The molecule has 2 saturated carbocycles. The van der Waals surface area contributed by atoms with E-state index in [9.17, 15) is 27.6 Å². The summed E-state index contributed by atoms with van der Waals surface area (Å²) in [6.45, 7) is 1.93. The summed E-state index contributed by atoms with van der Waals surface area (Å²) in [5.74, 6) is -2.88. The van der Waals surface area contributed by atoms with Crippen molar-refractivity contribution in [2.75, 3.05) is 13.1 Å². The minimum Gasteiger partial charge on any atom is -0.342 e. The Morgan fingerprint density at radius 2 is 1.78 bits per heavy atom. The average molecular weight is 511 g/mol. The summed E-state index contributed by atoms with van der Waals surface area (Å²) < 4.78 is 56.0. The first-order chi connectivity index (χ1) is 17.1. The Hall–Kier alpha value is -2.45. The fourth-order valence-electron chi connectivity index (χ4n) is 5.87. The zero-order valence-corrected chi connectivity index (χ0v) is 20.6. The molecule has 198 valence electrons. The van der Waals surface area contributed by atoms with Gasteiger partial charge >= 0.3 is 6.18 Å². The molecule has 1 aromatic carbocycles. The molecule has 0 radical (unpaired) electrons. The van der Waals surface area contributed by atoms with Crippen molar-refractivity contribution < 1.29 is 31.9 Å². The molecule has 2 amide bonds. The molecule has 2 aliphatic carbocycles. The van der Waals surface area contributed by atoms with E-state index in [0.29, 0.717) is 12.8 Å². The number of rotatable bonds is 7. The number of amides is 2. The van der Waals surface area contributed by atoms with Crippen molar-refractivity contribution in [1.29, 1.82) is 0 Å². The predicted molar refractivity (Wildman–Crippen MR) is 126 cm³/mol. The number of benzene rings is 1. The van der Waals surface area contributed by atoms with Crippen molar-refractivity contribution >= 4 is 17.6 Å². The number of hydrogen-bond donors (Lipinski definition) is 1. The first-order valence-corrected chi connectivity index (χ1v) is 13.1. The van der Waals surface area contributed by atoms with Crippen LogP contribution in [0.1, 0.15) is 93.0 Å². The molecule has 0 bridgehead atoms. The Morgan fingerprint density at radius 3 is 2.39 bits per heavy atom. The third kappa shape index (κ3) is 5.16. The van der Waals surface area contributed by atoms with Gasteiger partial charge in [0, 0.05) is 25.4 Å². The van der Waals surface area contributed by atoms with Crippen molar-refractivity contribution in [3.05, 3.63) is 35.1 Å². The normalized spacial score (nSPS) is 23.1. The number of nitrogens with zero attached hydrogens (tertiary/aromatic N) is 1. The van der Waals surface area contributed by atoms with Crippen LogP contribution in [0.15, 0.2) is 18.2 Å². The van der Waals surface area contributed by atoms with Gasteiger partial charge in [-0.15, -0.1) is 0 Å². The van der Waals surface area contributed by atoms with E-state index in [4.69, 9.17) is 0 Å². The minimum absolute atomic E-state index is 0.0162. The number of carbonyl (C=O) groups is 3. The van der Waals surface area contributed by atoms with Gasteiger partial charge in [-0.05, 0) is 56.1 Å².